The second kappa shape index (κ2) is 21.5. The number of hydrogen-bond donors (Lipinski definition) is 2. The molecule has 0 aliphatic carbocycles. The molecule has 55 heavy (non-hydrogen) atoms. The van der Waals surface area contributed by atoms with Crippen LogP contribution in [0.25, 0.3) is 46.1 Å². The summed E-state index contributed by atoms with van der Waals surface area (Å²) in [6.45, 7) is 8.45. The lowest BCUT2D eigenvalue weighted by atomic mass is 10.0. The first kappa shape index (κ1) is 42.4. The Morgan fingerprint density at radius 2 is 1.25 bits per heavy atom. The van der Waals surface area contributed by atoms with Crippen molar-refractivity contribution in [2.24, 2.45) is 0 Å². The van der Waals surface area contributed by atoms with Crippen LogP contribution in [0.15, 0.2) is 72.8 Å². The maximum Gasteiger partial charge on any atom is 0.331 e. The van der Waals surface area contributed by atoms with E-state index in [1.54, 1.807) is 33.5 Å². The van der Waals surface area contributed by atoms with Crippen LogP contribution in [0, 0.1) is 0 Å². The van der Waals surface area contributed by atoms with Gasteiger partial charge >= 0.3 is 5.97 Å². The average molecular weight is 750 g/mol. The van der Waals surface area contributed by atoms with Crippen molar-refractivity contribution in [3.8, 4) is 51.2 Å². The van der Waals surface area contributed by atoms with Crippen molar-refractivity contribution in [3.05, 3.63) is 83.9 Å². The number of amides is 1. The van der Waals surface area contributed by atoms with Gasteiger partial charge in [0.25, 0.3) is 0 Å². The predicted octanol–water partition coefficient (Wildman–Crippen LogP) is 10.8. The molecule has 0 bridgehead atoms. The fourth-order valence-corrected chi connectivity index (χ4v) is 6.27. The number of carbonyl (C=O) groups is 2. The largest absolute Gasteiger partial charge is 0.493 e. The number of hydrogen-bond acceptors (Lipinski definition) is 7. The van der Waals surface area contributed by atoms with E-state index < -0.39 is 11.6 Å². The first-order valence-corrected chi connectivity index (χ1v) is 19.5. The van der Waals surface area contributed by atoms with Crippen molar-refractivity contribution in [2.45, 2.75) is 97.5 Å². The number of aromatic nitrogens is 2. The van der Waals surface area contributed by atoms with Crippen molar-refractivity contribution in [1.82, 2.24) is 15.3 Å². The molecule has 0 radical (unpaired) electrons. The molecule has 0 aliphatic heterocycles. The fraction of sp³-hybridized carbons (Fsp3) is 0.413. The molecule has 0 aliphatic rings. The number of esters is 1. The molecule has 0 atom stereocenters. The lowest BCUT2D eigenvalue weighted by Gasteiger charge is -2.17. The number of methoxy groups -OCH3 is 3. The summed E-state index contributed by atoms with van der Waals surface area (Å²) in [6.07, 6.45) is 19.2. The lowest BCUT2D eigenvalue weighted by molar-refractivity contribution is -0.148. The molecule has 2 N–H and O–H groups in total. The maximum atomic E-state index is 12.5. The quantitative estimate of drug-likeness (QED) is 0.0495. The minimum absolute atomic E-state index is 0.0891. The molecule has 0 fully saturated rings. The van der Waals surface area contributed by atoms with Crippen LogP contribution in [0.2, 0.25) is 0 Å². The van der Waals surface area contributed by atoms with Gasteiger partial charge in [-0.1, -0.05) is 113 Å². The summed E-state index contributed by atoms with van der Waals surface area (Å²) in [4.78, 5) is 33.4. The van der Waals surface area contributed by atoms with Gasteiger partial charge in [-0.25, -0.2) is 9.78 Å². The minimum Gasteiger partial charge on any atom is -0.493 e. The summed E-state index contributed by atoms with van der Waals surface area (Å²) in [5.74, 6) is 1.59. The Hall–Kier alpha value is -5.31. The fourth-order valence-electron chi connectivity index (χ4n) is 6.27. The number of imidazole rings is 1. The van der Waals surface area contributed by atoms with Gasteiger partial charge in [0.15, 0.2) is 11.5 Å². The van der Waals surface area contributed by atoms with E-state index in [9.17, 15) is 9.59 Å². The zero-order valence-corrected chi connectivity index (χ0v) is 33.8. The minimum atomic E-state index is -0.564. The van der Waals surface area contributed by atoms with E-state index >= 15 is 0 Å². The number of aromatic amines is 1. The standard InChI is InChI=1S/C46H59N3O6/c1-8-9-10-11-12-13-14-15-16-17-32-47-39(50)30-22-33-18-24-35(25-19-33)41-42(36-26-20-34(21-27-36)23-31-40(51)55-46(2,3)4)49-45(48-41)37-28-29-38(52-5)44(54-7)43(37)53-6/h18-31H,8-17,32H2,1-7H3,(H,47,50)(H,48,49)/b30-22+,31-23?. The number of nitrogens with one attached hydrogen (secondary N) is 2. The van der Waals surface area contributed by atoms with Crippen LogP contribution in [-0.4, -0.2) is 55.3 Å². The molecule has 1 heterocycles. The van der Waals surface area contributed by atoms with Crippen LogP contribution in [0.1, 0.15) is 103 Å². The molecular formula is C46H59N3O6. The Labute approximate surface area is 327 Å². The Morgan fingerprint density at radius 3 is 1.82 bits per heavy atom. The predicted molar refractivity (Wildman–Crippen MR) is 223 cm³/mol. The number of rotatable bonds is 21. The molecule has 0 unspecified atom stereocenters. The van der Waals surface area contributed by atoms with Crippen molar-refractivity contribution in [1.29, 1.82) is 0 Å². The monoisotopic (exact) mass is 749 g/mol. The highest BCUT2D eigenvalue weighted by atomic mass is 16.6. The second-order valence-electron chi connectivity index (χ2n) is 14.6. The molecule has 4 aromatic rings. The van der Waals surface area contributed by atoms with Crippen LogP contribution >= 0.6 is 0 Å². The number of nitrogens with zero attached hydrogens (tertiary/aromatic N) is 1. The first-order chi connectivity index (χ1) is 26.6. The van der Waals surface area contributed by atoms with E-state index in [-0.39, 0.29) is 5.91 Å². The van der Waals surface area contributed by atoms with Gasteiger partial charge in [-0.3, -0.25) is 4.79 Å². The van der Waals surface area contributed by atoms with E-state index in [1.807, 2.05) is 87.5 Å². The molecule has 1 aromatic heterocycles. The third kappa shape index (κ3) is 13.2. The highest BCUT2D eigenvalue weighted by molar-refractivity contribution is 5.92. The Kier molecular flexibility index (Phi) is 16.6. The summed E-state index contributed by atoms with van der Waals surface area (Å²) >= 11 is 0. The van der Waals surface area contributed by atoms with Gasteiger partial charge in [0, 0.05) is 29.8 Å². The van der Waals surface area contributed by atoms with E-state index in [1.165, 1.54) is 57.4 Å². The van der Waals surface area contributed by atoms with E-state index in [4.69, 9.17) is 23.9 Å². The van der Waals surface area contributed by atoms with Gasteiger partial charge < -0.3 is 29.2 Å². The summed E-state index contributed by atoms with van der Waals surface area (Å²) in [5, 5.41) is 3.02. The van der Waals surface area contributed by atoms with Crippen molar-refractivity contribution < 1.29 is 28.5 Å². The Balaban J connectivity index is 1.49. The third-order valence-corrected chi connectivity index (χ3v) is 9.12. The molecule has 0 spiro atoms. The number of unbranched alkanes of at least 4 members (excludes halogenated alkanes) is 9. The Morgan fingerprint density at radius 1 is 0.691 bits per heavy atom. The van der Waals surface area contributed by atoms with Crippen LogP contribution in [0.4, 0.5) is 0 Å². The average Bonchev–Trinajstić information content (AvgIpc) is 3.62. The topological polar surface area (TPSA) is 112 Å². The zero-order chi connectivity index (χ0) is 39.6. The number of benzene rings is 3. The van der Waals surface area contributed by atoms with Gasteiger partial charge in [-0.05, 0) is 62.6 Å². The zero-order valence-electron chi connectivity index (χ0n) is 33.8. The molecule has 294 valence electrons. The molecule has 9 heteroatoms. The molecule has 4 rings (SSSR count). The van der Waals surface area contributed by atoms with Crippen LogP contribution in [-0.2, 0) is 14.3 Å². The summed E-state index contributed by atoms with van der Waals surface area (Å²) in [5.41, 5.74) is 5.19. The smallest absolute Gasteiger partial charge is 0.331 e. The normalized spacial score (nSPS) is 11.6. The molecule has 0 saturated heterocycles. The molecular weight excluding hydrogens is 691 g/mol. The van der Waals surface area contributed by atoms with Crippen molar-refractivity contribution >= 4 is 24.0 Å². The lowest BCUT2D eigenvalue weighted by Crippen LogP contribution is -2.22. The van der Waals surface area contributed by atoms with Crippen molar-refractivity contribution in [2.75, 3.05) is 27.9 Å². The van der Waals surface area contributed by atoms with Gasteiger partial charge in [-0.15, -0.1) is 0 Å². The number of carbonyl (C=O) groups excluding carboxylic acids is 2. The van der Waals surface area contributed by atoms with Gasteiger partial charge in [-0.2, -0.15) is 0 Å². The highest BCUT2D eigenvalue weighted by Crippen LogP contribution is 2.45. The van der Waals surface area contributed by atoms with E-state index in [2.05, 4.69) is 17.2 Å². The summed E-state index contributed by atoms with van der Waals surface area (Å²) in [7, 11) is 4.73. The molecule has 9 nitrogen and oxygen atoms in total. The highest BCUT2D eigenvalue weighted by Gasteiger charge is 2.22. The van der Waals surface area contributed by atoms with Crippen LogP contribution in [0.3, 0.4) is 0 Å². The molecule has 3 aromatic carbocycles. The van der Waals surface area contributed by atoms with Crippen LogP contribution < -0.4 is 19.5 Å². The van der Waals surface area contributed by atoms with Gasteiger partial charge in [0.05, 0.1) is 38.3 Å². The van der Waals surface area contributed by atoms with Gasteiger partial charge in [0.1, 0.15) is 11.4 Å². The first-order valence-electron chi connectivity index (χ1n) is 19.5. The summed E-state index contributed by atoms with van der Waals surface area (Å²) in [6, 6.07) is 19.5. The summed E-state index contributed by atoms with van der Waals surface area (Å²) < 4.78 is 22.3. The van der Waals surface area contributed by atoms with Crippen LogP contribution in [0.5, 0.6) is 17.2 Å². The Bertz CT molecular complexity index is 1870. The maximum absolute atomic E-state index is 12.5. The molecule has 0 saturated carbocycles. The van der Waals surface area contributed by atoms with Crippen molar-refractivity contribution in [3.63, 3.8) is 0 Å². The van der Waals surface area contributed by atoms with E-state index in [0.717, 1.165) is 46.5 Å². The van der Waals surface area contributed by atoms with E-state index in [0.29, 0.717) is 35.2 Å². The number of ether oxygens (including phenoxy) is 4. The second-order valence-corrected chi connectivity index (χ2v) is 14.6. The van der Waals surface area contributed by atoms with Gasteiger partial charge in [0.2, 0.25) is 11.7 Å². The SMILES string of the molecule is CCCCCCCCCCCCNC(=O)/C=C/c1ccc(-c2[nH]c(-c3ccc(OC)c(OC)c3OC)nc2-c2ccc(C=CC(=O)OC(C)(C)C)cc2)cc1. The molecule has 1 amide bonds. The number of H-pyrrole nitrogens is 1. The third-order valence-electron chi connectivity index (χ3n) is 9.12.